The number of carbonyl (C=O) groups excluding carboxylic acids is 1. The summed E-state index contributed by atoms with van der Waals surface area (Å²) in [6, 6.07) is 3.37. The molecule has 1 fully saturated rings. The number of rotatable bonds is 5. The number of benzene rings is 1. The predicted octanol–water partition coefficient (Wildman–Crippen LogP) is 1.81. The first kappa shape index (κ1) is 14.9. The molecule has 0 spiro atoms. The van der Waals surface area contributed by atoms with Gasteiger partial charge in [-0.15, -0.1) is 0 Å². The normalized spacial score (nSPS) is 14.4. The first-order valence-electron chi connectivity index (χ1n) is 6.62. The van der Waals surface area contributed by atoms with E-state index in [1.54, 1.807) is 12.1 Å². The quantitative estimate of drug-likeness (QED) is 0.900. The number of carbonyl (C=O) groups is 1. The topological polar surface area (TPSA) is 64.8 Å². The number of amides is 1. The van der Waals surface area contributed by atoms with Gasteiger partial charge in [0.05, 0.1) is 7.11 Å². The first-order valence-corrected chi connectivity index (χ1v) is 7.00. The second-order valence-electron chi connectivity index (χ2n) is 4.68. The number of nitrogens with zero attached hydrogens (tertiary/aromatic N) is 1. The fourth-order valence-corrected chi connectivity index (χ4v) is 2.51. The van der Waals surface area contributed by atoms with E-state index >= 15 is 0 Å². The van der Waals surface area contributed by atoms with Crippen LogP contribution in [0, 0.1) is 0 Å². The molecule has 1 aromatic rings. The van der Waals surface area contributed by atoms with Gasteiger partial charge in [0.1, 0.15) is 0 Å². The van der Waals surface area contributed by atoms with Crippen LogP contribution >= 0.6 is 11.6 Å². The van der Waals surface area contributed by atoms with E-state index in [2.05, 4.69) is 0 Å². The molecule has 0 unspecified atom stereocenters. The highest BCUT2D eigenvalue weighted by Gasteiger charge is 2.20. The van der Waals surface area contributed by atoms with Crippen LogP contribution in [0.25, 0.3) is 0 Å². The van der Waals surface area contributed by atoms with Crippen LogP contribution in [0.3, 0.4) is 0 Å². The molecule has 0 radical (unpaired) electrons. The Morgan fingerprint density at radius 2 is 2.10 bits per heavy atom. The molecule has 0 atom stereocenters. The minimum absolute atomic E-state index is 0.00894. The summed E-state index contributed by atoms with van der Waals surface area (Å²) < 4.78 is 10.9. The molecule has 2 N–H and O–H groups in total. The van der Waals surface area contributed by atoms with Gasteiger partial charge in [-0.1, -0.05) is 11.6 Å². The highest BCUT2D eigenvalue weighted by atomic mass is 35.5. The third-order valence-electron chi connectivity index (χ3n) is 3.34. The van der Waals surface area contributed by atoms with Crippen LogP contribution in [0.1, 0.15) is 18.4 Å². The number of methoxy groups -OCH3 is 1. The van der Waals surface area contributed by atoms with E-state index in [1.807, 2.05) is 4.90 Å². The average molecular weight is 299 g/mol. The molecular weight excluding hydrogens is 280 g/mol. The van der Waals surface area contributed by atoms with E-state index in [-0.39, 0.29) is 19.1 Å². The van der Waals surface area contributed by atoms with Gasteiger partial charge in [-0.25, -0.2) is 0 Å². The summed E-state index contributed by atoms with van der Waals surface area (Å²) in [6.45, 7) is 1.88. The first-order chi connectivity index (χ1) is 9.65. The SMILES string of the molecule is COc1cc(Cl)cc(CN)c1OCC(=O)N1CCCC1. The standard InChI is InChI=1S/C14H19ClN2O3/c1-19-12-7-11(15)6-10(8-16)14(12)20-9-13(18)17-4-2-3-5-17/h6-7H,2-5,8-9,16H2,1H3. The van der Waals surface area contributed by atoms with Crippen LogP contribution in [0.2, 0.25) is 5.02 Å². The fourth-order valence-electron chi connectivity index (χ4n) is 2.28. The van der Waals surface area contributed by atoms with Crippen LogP contribution in [0.4, 0.5) is 0 Å². The van der Waals surface area contributed by atoms with Crippen molar-refractivity contribution >= 4 is 17.5 Å². The summed E-state index contributed by atoms with van der Waals surface area (Å²) in [4.78, 5) is 13.8. The maximum absolute atomic E-state index is 12.0. The van der Waals surface area contributed by atoms with Gasteiger partial charge in [0.25, 0.3) is 5.91 Å². The van der Waals surface area contributed by atoms with Gasteiger partial charge < -0.3 is 20.1 Å². The van der Waals surface area contributed by atoms with Crippen molar-refractivity contribution in [1.29, 1.82) is 0 Å². The van der Waals surface area contributed by atoms with Crippen molar-refractivity contribution in [3.63, 3.8) is 0 Å². The maximum atomic E-state index is 12.0. The third kappa shape index (κ3) is 3.35. The van der Waals surface area contributed by atoms with Gasteiger partial charge in [0.15, 0.2) is 18.1 Å². The molecule has 0 bridgehead atoms. The Bertz CT molecular complexity index is 462. The molecule has 0 saturated carbocycles. The van der Waals surface area contributed by atoms with Crippen molar-refractivity contribution in [2.24, 2.45) is 5.73 Å². The fraction of sp³-hybridized carbons (Fsp3) is 0.500. The third-order valence-corrected chi connectivity index (χ3v) is 3.55. The highest BCUT2D eigenvalue weighted by molar-refractivity contribution is 6.30. The van der Waals surface area contributed by atoms with Crippen LogP contribution in [0.15, 0.2) is 12.1 Å². The van der Waals surface area contributed by atoms with Crippen LogP contribution < -0.4 is 15.2 Å². The summed E-state index contributed by atoms with van der Waals surface area (Å²) in [6.07, 6.45) is 2.12. The Labute approximate surface area is 123 Å². The number of likely N-dealkylation sites (tertiary alicyclic amines) is 1. The largest absolute Gasteiger partial charge is 0.493 e. The lowest BCUT2D eigenvalue weighted by molar-refractivity contribution is -0.132. The molecule has 0 aromatic heterocycles. The molecular formula is C14H19ClN2O3. The van der Waals surface area contributed by atoms with Gasteiger partial charge in [0, 0.05) is 36.3 Å². The number of ether oxygens (including phenoxy) is 2. The molecule has 20 heavy (non-hydrogen) atoms. The minimum atomic E-state index is -0.0116. The smallest absolute Gasteiger partial charge is 0.260 e. The van der Waals surface area contributed by atoms with E-state index in [0.29, 0.717) is 16.5 Å². The Balaban J connectivity index is 2.09. The van der Waals surface area contributed by atoms with E-state index in [0.717, 1.165) is 31.5 Å². The summed E-state index contributed by atoms with van der Waals surface area (Å²) in [7, 11) is 1.53. The molecule has 1 amide bonds. The highest BCUT2D eigenvalue weighted by Crippen LogP contribution is 2.34. The van der Waals surface area contributed by atoms with Crippen molar-refractivity contribution in [1.82, 2.24) is 4.90 Å². The number of hydrogen-bond donors (Lipinski definition) is 1. The molecule has 1 aliphatic rings. The Morgan fingerprint density at radius 1 is 1.40 bits per heavy atom. The predicted molar refractivity (Wildman–Crippen MR) is 77.2 cm³/mol. The summed E-state index contributed by atoms with van der Waals surface area (Å²) in [5.74, 6) is 0.974. The maximum Gasteiger partial charge on any atom is 0.260 e. The second-order valence-corrected chi connectivity index (χ2v) is 5.11. The van der Waals surface area contributed by atoms with Crippen LogP contribution in [-0.2, 0) is 11.3 Å². The Kier molecular flexibility index (Phi) is 5.09. The lowest BCUT2D eigenvalue weighted by atomic mass is 10.2. The van der Waals surface area contributed by atoms with Crippen molar-refractivity contribution in [2.75, 3.05) is 26.8 Å². The molecule has 0 aliphatic carbocycles. The zero-order valence-corrected chi connectivity index (χ0v) is 12.3. The summed E-state index contributed by atoms with van der Waals surface area (Å²) in [5.41, 5.74) is 6.41. The molecule has 1 heterocycles. The van der Waals surface area contributed by atoms with Gasteiger partial charge in [0.2, 0.25) is 0 Å². The molecule has 1 aromatic carbocycles. The second kappa shape index (κ2) is 6.81. The van der Waals surface area contributed by atoms with Gasteiger partial charge in [-0.2, -0.15) is 0 Å². The van der Waals surface area contributed by atoms with E-state index < -0.39 is 0 Å². The summed E-state index contributed by atoms with van der Waals surface area (Å²) >= 11 is 5.98. The van der Waals surface area contributed by atoms with E-state index in [1.165, 1.54) is 7.11 Å². The number of nitrogens with two attached hydrogens (primary N) is 1. The Hall–Kier alpha value is -1.46. The van der Waals surface area contributed by atoms with E-state index in [9.17, 15) is 4.79 Å². The Morgan fingerprint density at radius 3 is 2.70 bits per heavy atom. The van der Waals surface area contributed by atoms with Gasteiger partial charge in [-0.05, 0) is 18.9 Å². The zero-order chi connectivity index (χ0) is 14.5. The number of halogens is 1. The summed E-state index contributed by atoms with van der Waals surface area (Å²) in [5, 5.41) is 0.528. The molecule has 6 heteroatoms. The molecule has 2 rings (SSSR count). The average Bonchev–Trinajstić information content (AvgIpc) is 2.98. The van der Waals surface area contributed by atoms with Gasteiger partial charge >= 0.3 is 0 Å². The van der Waals surface area contributed by atoms with Crippen molar-refractivity contribution in [3.8, 4) is 11.5 Å². The lowest BCUT2D eigenvalue weighted by Crippen LogP contribution is -2.32. The molecule has 1 saturated heterocycles. The van der Waals surface area contributed by atoms with Crippen LogP contribution in [0.5, 0.6) is 11.5 Å². The monoisotopic (exact) mass is 298 g/mol. The van der Waals surface area contributed by atoms with Crippen molar-refractivity contribution in [3.05, 3.63) is 22.7 Å². The zero-order valence-electron chi connectivity index (χ0n) is 11.5. The van der Waals surface area contributed by atoms with E-state index in [4.69, 9.17) is 26.8 Å². The molecule has 1 aliphatic heterocycles. The lowest BCUT2D eigenvalue weighted by Gasteiger charge is -2.18. The molecule has 5 nitrogen and oxygen atoms in total. The van der Waals surface area contributed by atoms with Gasteiger partial charge in [-0.3, -0.25) is 4.79 Å². The number of hydrogen-bond acceptors (Lipinski definition) is 4. The minimum Gasteiger partial charge on any atom is -0.493 e. The van der Waals surface area contributed by atoms with Crippen molar-refractivity contribution in [2.45, 2.75) is 19.4 Å². The molecule has 110 valence electrons. The van der Waals surface area contributed by atoms with Crippen LogP contribution in [-0.4, -0.2) is 37.6 Å². The van der Waals surface area contributed by atoms with Crippen molar-refractivity contribution < 1.29 is 14.3 Å².